The van der Waals surface area contributed by atoms with Crippen molar-refractivity contribution in [3.8, 4) is 17.2 Å². The van der Waals surface area contributed by atoms with Crippen LogP contribution in [0.4, 0.5) is 5.69 Å². The average molecular weight is 456 g/mol. The SMILES string of the molecule is CCCC(=O)Nc1ccc(C(=O)C(C)OC(=O)/C=C/c2cc(OC)c(OC)c(OC)c2)cc1. The number of rotatable bonds is 11. The Bertz CT molecular complexity index is 987. The Labute approximate surface area is 193 Å². The molecule has 0 aliphatic carbocycles. The van der Waals surface area contributed by atoms with E-state index < -0.39 is 12.1 Å². The first-order valence-electron chi connectivity index (χ1n) is 10.5. The van der Waals surface area contributed by atoms with Gasteiger partial charge in [-0.05, 0) is 61.4 Å². The van der Waals surface area contributed by atoms with E-state index >= 15 is 0 Å². The largest absolute Gasteiger partial charge is 0.493 e. The fourth-order valence-corrected chi connectivity index (χ4v) is 3.03. The van der Waals surface area contributed by atoms with Gasteiger partial charge in [-0.1, -0.05) is 6.92 Å². The second-order valence-electron chi connectivity index (χ2n) is 7.11. The van der Waals surface area contributed by atoms with Gasteiger partial charge in [0.25, 0.3) is 0 Å². The Morgan fingerprint density at radius 3 is 2.09 bits per heavy atom. The zero-order valence-corrected chi connectivity index (χ0v) is 19.5. The molecule has 1 amide bonds. The smallest absolute Gasteiger partial charge is 0.331 e. The lowest BCUT2D eigenvalue weighted by Gasteiger charge is -2.13. The minimum Gasteiger partial charge on any atom is -0.493 e. The number of hydrogen-bond donors (Lipinski definition) is 1. The molecule has 0 radical (unpaired) electrons. The van der Waals surface area contributed by atoms with E-state index in [1.165, 1.54) is 40.4 Å². The molecule has 0 heterocycles. The van der Waals surface area contributed by atoms with E-state index in [1.54, 1.807) is 36.4 Å². The Morgan fingerprint density at radius 1 is 0.970 bits per heavy atom. The van der Waals surface area contributed by atoms with Crippen molar-refractivity contribution < 1.29 is 33.3 Å². The summed E-state index contributed by atoms with van der Waals surface area (Å²) >= 11 is 0. The highest BCUT2D eigenvalue weighted by atomic mass is 16.5. The molecule has 0 spiro atoms. The van der Waals surface area contributed by atoms with E-state index in [4.69, 9.17) is 18.9 Å². The summed E-state index contributed by atoms with van der Waals surface area (Å²) in [5.41, 5.74) is 1.60. The van der Waals surface area contributed by atoms with Crippen LogP contribution in [0.2, 0.25) is 0 Å². The molecule has 176 valence electrons. The first-order valence-corrected chi connectivity index (χ1v) is 10.5. The summed E-state index contributed by atoms with van der Waals surface area (Å²) < 4.78 is 21.1. The fourth-order valence-electron chi connectivity index (χ4n) is 3.03. The van der Waals surface area contributed by atoms with Gasteiger partial charge in [-0.3, -0.25) is 9.59 Å². The van der Waals surface area contributed by atoms with Crippen molar-refractivity contribution in [2.24, 2.45) is 0 Å². The summed E-state index contributed by atoms with van der Waals surface area (Å²) in [4.78, 5) is 36.5. The van der Waals surface area contributed by atoms with Gasteiger partial charge in [0.1, 0.15) is 0 Å². The predicted octanol–water partition coefficient (Wildman–Crippen LogP) is 4.28. The number of ketones is 1. The van der Waals surface area contributed by atoms with E-state index in [-0.39, 0.29) is 11.7 Å². The van der Waals surface area contributed by atoms with E-state index in [0.29, 0.717) is 40.5 Å². The number of esters is 1. The molecule has 2 aromatic rings. The van der Waals surface area contributed by atoms with Crippen LogP contribution in [0.1, 0.15) is 42.6 Å². The lowest BCUT2D eigenvalue weighted by molar-refractivity contribution is -0.140. The van der Waals surface area contributed by atoms with Gasteiger partial charge >= 0.3 is 5.97 Å². The summed E-state index contributed by atoms with van der Waals surface area (Å²) in [5, 5.41) is 2.76. The molecule has 0 saturated carbocycles. The standard InChI is InChI=1S/C25H29NO7/c1-6-7-22(27)26-19-11-9-18(10-12-19)24(29)16(2)33-23(28)13-8-17-14-20(30-3)25(32-5)21(15-17)31-4/h8-16H,6-7H2,1-5H3,(H,26,27)/b13-8+. The van der Waals surface area contributed by atoms with E-state index in [1.807, 2.05) is 6.92 Å². The third-order valence-corrected chi connectivity index (χ3v) is 4.69. The minimum absolute atomic E-state index is 0.0854. The number of carbonyl (C=O) groups is 3. The molecule has 0 aromatic heterocycles. The summed E-state index contributed by atoms with van der Waals surface area (Å²) in [5.74, 6) is 0.224. The minimum atomic E-state index is -0.984. The maximum atomic E-state index is 12.6. The van der Waals surface area contributed by atoms with Crippen molar-refractivity contribution in [2.75, 3.05) is 26.6 Å². The Kier molecular flexibility index (Phi) is 9.47. The molecule has 0 aliphatic rings. The highest BCUT2D eigenvalue weighted by Gasteiger charge is 2.19. The van der Waals surface area contributed by atoms with Gasteiger partial charge in [0.2, 0.25) is 17.4 Å². The van der Waals surface area contributed by atoms with Crippen molar-refractivity contribution in [2.45, 2.75) is 32.8 Å². The molecule has 0 bridgehead atoms. The zero-order chi connectivity index (χ0) is 24.4. The molecular weight excluding hydrogens is 426 g/mol. The number of nitrogens with one attached hydrogen (secondary N) is 1. The van der Waals surface area contributed by atoms with Crippen LogP contribution in [-0.4, -0.2) is 45.1 Å². The lowest BCUT2D eigenvalue weighted by atomic mass is 10.1. The topological polar surface area (TPSA) is 100 Å². The number of benzene rings is 2. The highest BCUT2D eigenvalue weighted by molar-refractivity contribution is 6.01. The molecular formula is C25H29NO7. The van der Waals surface area contributed by atoms with Crippen molar-refractivity contribution in [3.05, 3.63) is 53.6 Å². The second kappa shape index (κ2) is 12.3. The summed E-state index contributed by atoms with van der Waals surface area (Å²) in [6, 6.07) is 9.81. The maximum Gasteiger partial charge on any atom is 0.331 e. The first kappa shape index (κ1) is 25.5. The summed E-state index contributed by atoms with van der Waals surface area (Å²) in [6.45, 7) is 3.42. The molecule has 0 fully saturated rings. The maximum absolute atomic E-state index is 12.6. The molecule has 0 aliphatic heterocycles. The molecule has 33 heavy (non-hydrogen) atoms. The van der Waals surface area contributed by atoms with Gasteiger partial charge < -0.3 is 24.3 Å². The van der Waals surface area contributed by atoms with Crippen molar-refractivity contribution >= 4 is 29.4 Å². The van der Waals surface area contributed by atoms with Gasteiger partial charge in [-0.2, -0.15) is 0 Å². The second-order valence-corrected chi connectivity index (χ2v) is 7.11. The van der Waals surface area contributed by atoms with Gasteiger partial charge in [-0.25, -0.2) is 4.79 Å². The van der Waals surface area contributed by atoms with Crippen molar-refractivity contribution in [3.63, 3.8) is 0 Å². The molecule has 8 nitrogen and oxygen atoms in total. The third kappa shape index (κ3) is 7.10. The molecule has 1 N–H and O–H groups in total. The van der Waals surface area contributed by atoms with Crippen LogP contribution >= 0.6 is 0 Å². The lowest BCUT2D eigenvalue weighted by Crippen LogP contribution is -2.23. The van der Waals surface area contributed by atoms with Gasteiger partial charge in [0.15, 0.2) is 17.6 Å². The third-order valence-electron chi connectivity index (χ3n) is 4.69. The van der Waals surface area contributed by atoms with Crippen LogP contribution in [0.5, 0.6) is 17.2 Å². The van der Waals surface area contributed by atoms with Crippen molar-refractivity contribution in [1.82, 2.24) is 0 Å². The number of methoxy groups -OCH3 is 3. The molecule has 1 unspecified atom stereocenters. The predicted molar refractivity (Wildman–Crippen MR) is 125 cm³/mol. The zero-order valence-electron chi connectivity index (χ0n) is 19.5. The molecule has 0 saturated heterocycles. The average Bonchev–Trinajstić information content (AvgIpc) is 2.82. The number of anilines is 1. The molecule has 8 heteroatoms. The van der Waals surface area contributed by atoms with Crippen LogP contribution in [-0.2, 0) is 14.3 Å². The number of amides is 1. The summed E-state index contributed by atoms with van der Waals surface area (Å²) in [6.07, 6.45) is 2.94. The molecule has 2 rings (SSSR count). The summed E-state index contributed by atoms with van der Waals surface area (Å²) in [7, 11) is 4.50. The van der Waals surface area contributed by atoms with Gasteiger partial charge in [-0.15, -0.1) is 0 Å². The van der Waals surface area contributed by atoms with Gasteiger partial charge in [0.05, 0.1) is 21.3 Å². The normalized spacial score (nSPS) is 11.5. The Balaban J connectivity index is 2.02. The monoisotopic (exact) mass is 455 g/mol. The number of ether oxygens (including phenoxy) is 4. The molecule has 2 aromatic carbocycles. The quantitative estimate of drug-likeness (QED) is 0.307. The fraction of sp³-hybridized carbons (Fsp3) is 0.320. The van der Waals surface area contributed by atoms with Gasteiger partial charge in [0, 0.05) is 23.7 Å². The number of hydrogen-bond acceptors (Lipinski definition) is 7. The van der Waals surface area contributed by atoms with Crippen LogP contribution < -0.4 is 19.5 Å². The molecule has 1 atom stereocenters. The Morgan fingerprint density at radius 2 is 1.58 bits per heavy atom. The Hall–Kier alpha value is -3.81. The van der Waals surface area contributed by atoms with Crippen LogP contribution in [0.3, 0.4) is 0 Å². The van der Waals surface area contributed by atoms with E-state index in [2.05, 4.69) is 5.32 Å². The van der Waals surface area contributed by atoms with Crippen LogP contribution in [0.25, 0.3) is 6.08 Å². The van der Waals surface area contributed by atoms with Crippen LogP contribution in [0.15, 0.2) is 42.5 Å². The van der Waals surface area contributed by atoms with Crippen LogP contribution in [0, 0.1) is 0 Å². The van der Waals surface area contributed by atoms with E-state index in [0.717, 1.165) is 6.42 Å². The number of carbonyl (C=O) groups excluding carboxylic acids is 3. The number of Topliss-reactive ketones (excluding diaryl/α,β-unsaturated/α-hetero) is 1. The van der Waals surface area contributed by atoms with Crippen molar-refractivity contribution in [1.29, 1.82) is 0 Å². The van der Waals surface area contributed by atoms with E-state index in [9.17, 15) is 14.4 Å². The first-order chi connectivity index (χ1) is 15.8. The highest BCUT2D eigenvalue weighted by Crippen LogP contribution is 2.38.